The van der Waals surface area contributed by atoms with Gasteiger partial charge in [-0.2, -0.15) is 0 Å². The predicted molar refractivity (Wildman–Crippen MR) is 289 cm³/mol. The molecule has 0 N–H and O–H groups in total. The van der Waals surface area contributed by atoms with Crippen LogP contribution in [0, 0.1) is 0 Å². The number of allylic oxidation sites excluding steroid dienone is 8. The Bertz CT molecular complexity index is 1170. The molecule has 0 aliphatic carbocycles. The van der Waals surface area contributed by atoms with E-state index in [4.69, 9.17) is 14.2 Å². The van der Waals surface area contributed by atoms with Crippen molar-refractivity contribution in [1.29, 1.82) is 0 Å². The van der Waals surface area contributed by atoms with Gasteiger partial charge < -0.3 is 14.2 Å². The number of rotatable bonds is 53. The molecule has 390 valence electrons. The van der Waals surface area contributed by atoms with Crippen molar-refractivity contribution in [3.05, 3.63) is 48.6 Å². The van der Waals surface area contributed by atoms with E-state index in [1.54, 1.807) is 0 Å². The van der Waals surface area contributed by atoms with Crippen LogP contribution in [-0.4, -0.2) is 37.2 Å². The van der Waals surface area contributed by atoms with Gasteiger partial charge in [0, 0.05) is 19.3 Å². The van der Waals surface area contributed by atoms with Gasteiger partial charge in [-0.05, 0) is 103 Å². The van der Waals surface area contributed by atoms with Gasteiger partial charge in [-0.3, -0.25) is 14.4 Å². The molecule has 0 saturated heterocycles. The molecule has 6 heteroatoms. The number of hydrogen-bond donors (Lipinski definition) is 0. The average Bonchev–Trinajstić information content (AvgIpc) is 3.33. The third kappa shape index (κ3) is 54.2. The Hall–Kier alpha value is -2.63. The molecular formula is C61H110O6. The summed E-state index contributed by atoms with van der Waals surface area (Å²) in [6.45, 7) is 6.61. The second-order valence-corrected chi connectivity index (χ2v) is 19.5. The maximum Gasteiger partial charge on any atom is 0.306 e. The molecule has 0 aromatic rings. The maximum atomic E-state index is 12.8. The van der Waals surface area contributed by atoms with Crippen molar-refractivity contribution >= 4 is 17.9 Å². The first-order valence-electron chi connectivity index (χ1n) is 29.1. The van der Waals surface area contributed by atoms with Gasteiger partial charge in [0.1, 0.15) is 13.2 Å². The molecule has 0 aliphatic heterocycles. The fourth-order valence-corrected chi connectivity index (χ4v) is 8.35. The van der Waals surface area contributed by atoms with Crippen LogP contribution in [0.1, 0.15) is 303 Å². The van der Waals surface area contributed by atoms with E-state index in [0.29, 0.717) is 19.3 Å². The summed E-state index contributed by atoms with van der Waals surface area (Å²) in [6.07, 6.45) is 68.1. The van der Waals surface area contributed by atoms with Crippen LogP contribution >= 0.6 is 0 Å². The topological polar surface area (TPSA) is 78.9 Å². The summed E-state index contributed by atoms with van der Waals surface area (Å²) in [6, 6.07) is 0. The minimum atomic E-state index is -0.778. The molecule has 0 heterocycles. The van der Waals surface area contributed by atoms with Crippen molar-refractivity contribution < 1.29 is 28.6 Å². The summed E-state index contributed by atoms with van der Waals surface area (Å²) < 4.78 is 16.9. The van der Waals surface area contributed by atoms with Crippen LogP contribution in [0.2, 0.25) is 0 Å². The molecule has 0 rings (SSSR count). The van der Waals surface area contributed by atoms with Gasteiger partial charge in [0.05, 0.1) is 0 Å². The highest BCUT2D eigenvalue weighted by Gasteiger charge is 2.19. The first kappa shape index (κ1) is 64.4. The van der Waals surface area contributed by atoms with E-state index in [0.717, 1.165) is 64.2 Å². The van der Waals surface area contributed by atoms with Crippen LogP contribution in [0.4, 0.5) is 0 Å². The summed E-state index contributed by atoms with van der Waals surface area (Å²) in [4.78, 5) is 38.2. The van der Waals surface area contributed by atoms with Crippen molar-refractivity contribution in [2.75, 3.05) is 13.2 Å². The molecule has 6 nitrogen and oxygen atoms in total. The second-order valence-electron chi connectivity index (χ2n) is 19.5. The number of carbonyl (C=O) groups excluding carboxylic acids is 3. The summed E-state index contributed by atoms with van der Waals surface area (Å²) in [5, 5.41) is 0. The Balaban J connectivity index is 4.36. The highest BCUT2D eigenvalue weighted by molar-refractivity contribution is 5.71. The predicted octanol–water partition coefficient (Wildman–Crippen LogP) is 19.4. The highest BCUT2D eigenvalue weighted by Crippen LogP contribution is 2.16. The molecule has 0 bridgehead atoms. The van der Waals surface area contributed by atoms with Crippen LogP contribution in [-0.2, 0) is 28.6 Å². The number of ether oxygens (including phenoxy) is 3. The summed E-state index contributed by atoms with van der Waals surface area (Å²) in [5.74, 6) is -0.876. The van der Waals surface area contributed by atoms with Crippen LogP contribution in [0.3, 0.4) is 0 Å². The van der Waals surface area contributed by atoms with Crippen LogP contribution < -0.4 is 0 Å². The molecule has 0 amide bonds. The molecule has 0 unspecified atom stereocenters. The molecule has 67 heavy (non-hydrogen) atoms. The largest absolute Gasteiger partial charge is 0.462 e. The third-order valence-electron chi connectivity index (χ3n) is 12.8. The first-order valence-corrected chi connectivity index (χ1v) is 29.1. The van der Waals surface area contributed by atoms with Crippen molar-refractivity contribution in [3.8, 4) is 0 Å². The SMILES string of the molecule is CCCCC/C=C\C/C=C\CCCCCCCCCCCC(=O)OC[C@H](COC(=O)CCCCCCCCC/C=C\CCCCCC)OC(=O)CCCCCCCCC/C=C\CCCCCC. The number of unbranched alkanes of at least 4 members (excludes halogenated alkanes) is 34. The first-order chi connectivity index (χ1) is 33.0. The Morgan fingerprint density at radius 1 is 0.299 bits per heavy atom. The van der Waals surface area contributed by atoms with Gasteiger partial charge in [-0.25, -0.2) is 0 Å². The molecule has 0 radical (unpaired) electrons. The molecular weight excluding hydrogens is 829 g/mol. The number of hydrogen-bond acceptors (Lipinski definition) is 6. The molecule has 1 atom stereocenters. The van der Waals surface area contributed by atoms with E-state index in [2.05, 4.69) is 69.4 Å². The van der Waals surface area contributed by atoms with Crippen molar-refractivity contribution in [3.63, 3.8) is 0 Å². The zero-order valence-corrected chi connectivity index (χ0v) is 44.7. The van der Waals surface area contributed by atoms with Crippen LogP contribution in [0.15, 0.2) is 48.6 Å². The van der Waals surface area contributed by atoms with E-state index in [-0.39, 0.29) is 31.1 Å². The second kappa shape index (κ2) is 56.0. The zero-order chi connectivity index (χ0) is 48.6. The monoisotopic (exact) mass is 939 g/mol. The van der Waals surface area contributed by atoms with Gasteiger partial charge in [-0.1, -0.05) is 230 Å². The Morgan fingerprint density at radius 3 is 0.866 bits per heavy atom. The molecule has 0 aliphatic rings. The fourth-order valence-electron chi connectivity index (χ4n) is 8.35. The lowest BCUT2D eigenvalue weighted by molar-refractivity contribution is -0.167. The van der Waals surface area contributed by atoms with E-state index >= 15 is 0 Å². The van der Waals surface area contributed by atoms with E-state index in [1.165, 1.54) is 199 Å². The van der Waals surface area contributed by atoms with Crippen LogP contribution in [0.5, 0.6) is 0 Å². The molecule has 0 aromatic carbocycles. The third-order valence-corrected chi connectivity index (χ3v) is 12.8. The van der Waals surface area contributed by atoms with E-state index in [9.17, 15) is 14.4 Å². The lowest BCUT2D eigenvalue weighted by Crippen LogP contribution is -2.30. The lowest BCUT2D eigenvalue weighted by atomic mass is 10.1. The molecule has 0 saturated carbocycles. The smallest absolute Gasteiger partial charge is 0.306 e. The van der Waals surface area contributed by atoms with Crippen LogP contribution in [0.25, 0.3) is 0 Å². The average molecular weight is 940 g/mol. The Kier molecular flexibility index (Phi) is 53.8. The quantitative estimate of drug-likeness (QED) is 0.0262. The van der Waals surface area contributed by atoms with Gasteiger partial charge in [0.2, 0.25) is 0 Å². The summed E-state index contributed by atoms with van der Waals surface area (Å²) in [7, 11) is 0. The minimum absolute atomic E-state index is 0.0767. The lowest BCUT2D eigenvalue weighted by Gasteiger charge is -2.18. The van der Waals surface area contributed by atoms with Gasteiger partial charge in [0.25, 0.3) is 0 Å². The zero-order valence-electron chi connectivity index (χ0n) is 44.7. The molecule has 0 spiro atoms. The van der Waals surface area contributed by atoms with Gasteiger partial charge >= 0.3 is 17.9 Å². The van der Waals surface area contributed by atoms with Gasteiger partial charge in [-0.15, -0.1) is 0 Å². The summed E-state index contributed by atoms with van der Waals surface area (Å²) in [5.41, 5.74) is 0. The standard InChI is InChI=1S/C61H110O6/c1-4-7-10-13-16-19-22-25-28-29-30-31-34-36-39-42-45-48-51-54-60(63)66-57-58(67-61(64)55-52-49-46-43-40-37-33-27-24-21-18-15-12-9-6-3)56-65-59(62)53-50-47-44-41-38-35-32-26-23-20-17-14-11-8-5-2/h16,19-21,23-25,28,58H,4-15,17-18,22,26-27,29-57H2,1-3H3/b19-16-,23-20-,24-21-,28-25-/t58-/m0/s1. The molecule has 0 aromatic heterocycles. The van der Waals surface area contributed by atoms with E-state index in [1.807, 2.05) is 0 Å². The highest BCUT2D eigenvalue weighted by atomic mass is 16.6. The van der Waals surface area contributed by atoms with Crippen molar-refractivity contribution in [1.82, 2.24) is 0 Å². The van der Waals surface area contributed by atoms with Crippen molar-refractivity contribution in [2.24, 2.45) is 0 Å². The number of carbonyl (C=O) groups is 3. The number of esters is 3. The maximum absolute atomic E-state index is 12.8. The Morgan fingerprint density at radius 2 is 0.537 bits per heavy atom. The molecule has 0 fully saturated rings. The Labute approximate surface area is 416 Å². The fraction of sp³-hybridized carbons (Fsp3) is 0.820. The van der Waals surface area contributed by atoms with E-state index < -0.39 is 6.10 Å². The normalized spacial score (nSPS) is 12.3. The van der Waals surface area contributed by atoms with Crippen molar-refractivity contribution in [2.45, 2.75) is 309 Å². The minimum Gasteiger partial charge on any atom is -0.462 e. The summed E-state index contributed by atoms with van der Waals surface area (Å²) >= 11 is 0. The van der Waals surface area contributed by atoms with Gasteiger partial charge in [0.15, 0.2) is 6.10 Å².